The van der Waals surface area contributed by atoms with E-state index in [0.717, 1.165) is 35.3 Å². The van der Waals surface area contributed by atoms with Crippen LogP contribution in [0.15, 0.2) is 70.6 Å². The van der Waals surface area contributed by atoms with Gasteiger partial charge in [-0.15, -0.1) is 0 Å². The summed E-state index contributed by atoms with van der Waals surface area (Å²) in [5.41, 5.74) is 4.12. The average Bonchev–Trinajstić information content (AvgIpc) is 3.36. The second-order valence-corrected chi connectivity index (χ2v) is 9.14. The van der Waals surface area contributed by atoms with Gasteiger partial charge in [0, 0.05) is 43.5 Å². The molecule has 2 atom stereocenters. The highest BCUT2D eigenvalue weighted by molar-refractivity contribution is 7.92. The largest absolute Gasteiger partial charge is 0.472 e. The average molecular weight is 366 g/mol. The lowest BCUT2D eigenvalue weighted by Gasteiger charge is -2.16. The molecule has 3 aromatic rings. The summed E-state index contributed by atoms with van der Waals surface area (Å²) in [6.07, 6.45) is 6.88. The van der Waals surface area contributed by atoms with Crippen LogP contribution < -0.4 is 0 Å². The maximum atomic E-state index is 13.0. The number of benzene rings is 1. The highest BCUT2D eigenvalue weighted by Crippen LogP contribution is 2.46. The van der Waals surface area contributed by atoms with Gasteiger partial charge in [-0.25, -0.2) is 8.42 Å². The quantitative estimate of drug-likeness (QED) is 0.713. The maximum absolute atomic E-state index is 13.0. The summed E-state index contributed by atoms with van der Waals surface area (Å²) >= 11 is 0. The minimum absolute atomic E-state index is 0.0312. The van der Waals surface area contributed by atoms with Crippen molar-refractivity contribution in [3.8, 4) is 11.1 Å². The molecule has 26 heavy (non-hydrogen) atoms. The number of furan rings is 1. The van der Waals surface area contributed by atoms with E-state index in [4.69, 9.17) is 4.42 Å². The fraction of sp³-hybridized carbons (Fsp3) is 0.250. The number of sulfone groups is 1. The Kier molecular flexibility index (Phi) is 3.52. The first kappa shape index (κ1) is 15.8. The summed E-state index contributed by atoms with van der Waals surface area (Å²) in [5, 5.41) is -0.350. The summed E-state index contributed by atoms with van der Waals surface area (Å²) in [5.74, 6) is 0.0312. The number of hydrogen-bond donors (Lipinski definition) is 0. The fourth-order valence-corrected chi connectivity index (χ4v) is 6.41. The van der Waals surface area contributed by atoms with Gasteiger partial charge in [0.2, 0.25) is 0 Å². The lowest BCUT2D eigenvalue weighted by molar-refractivity contribution is 0.324. The topological polar surface area (TPSA) is 63.4 Å². The number of nitrogens with zero attached hydrogens (tertiary/aromatic N) is 2. The Morgan fingerprint density at radius 3 is 2.69 bits per heavy atom. The van der Waals surface area contributed by atoms with Gasteiger partial charge in [-0.05, 0) is 47.0 Å². The predicted molar refractivity (Wildman–Crippen MR) is 97.4 cm³/mol. The Labute approximate surface area is 152 Å². The molecular weight excluding hydrogens is 348 g/mol. The molecule has 0 amide bonds. The Balaban J connectivity index is 1.51. The van der Waals surface area contributed by atoms with Crippen molar-refractivity contribution in [2.24, 2.45) is 0 Å². The third-order valence-corrected chi connectivity index (χ3v) is 7.72. The van der Waals surface area contributed by atoms with Gasteiger partial charge in [0.1, 0.15) is 0 Å². The second-order valence-electron chi connectivity index (χ2n) is 7.00. The van der Waals surface area contributed by atoms with Crippen LogP contribution in [0, 0.1) is 0 Å². The summed E-state index contributed by atoms with van der Waals surface area (Å²) < 4.78 is 31.1. The molecule has 1 saturated heterocycles. The van der Waals surface area contributed by atoms with E-state index in [1.807, 2.05) is 30.3 Å². The number of fused-ring (bicyclic) bond motifs is 3. The minimum Gasteiger partial charge on any atom is -0.472 e. The van der Waals surface area contributed by atoms with Gasteiger partial charge in [-0.2, -0.15) is 0 Å². The van der Waals surface area contributed by atoms with E-state index in [1.165, 1.54) is 0 Å². The van der Waals surface area contributed by atoms with Crippen molar-refractivity contribution in [2.75, 3.05) is 13.1 Å². The first-order chi connectivity index (χ1) is 12.6. The normalized spacial score (nSPS) is 23.7. The summed E-state index contributed by atoms with van der Waals surface area (Å²) in [4.78, 5) is 6.77. The summed E-state index contributed by atoms with van der Waals surface area (Å²) in [6, 6.07) is 11.5. The molecule has 0 spiro atoms. The molecule has 1 fully saturated rings. The molecule has 0 bridgehead atoms. The smallest absolute Gasteiger partial charge is 0.183 e. The molecule has 0 saturated carbocycles. The third-order valence-electron chi connectivity index (χ3n) is 5.46. The van der Waals surface area contributed by atoms with Crippen LogP contribution in [0.2, 0.25) is 0 Å². The molecule has 1 aromatic carbocycles. The van der Waals surface area contributed by atoms with Gasteiger partial charge < -0.3 is 4.42 Å². The number of rotatable bonds is 3. The van der Waals surface area contributed by atoms with E-state index >= 15 is 0 Å². The van der Waals surface area contributed by atoms with Crippen molar-refractivity contribution in [2.45, 2.75) is 22.6 Å². The lowest BCUT2D eigenvalue weighted by atomic mass is 9.95. The highest BCUT2D eigenvalue weighted by Gasteiger charge is 2.50. The van der Waals surface area contributed by atoms with Gasteiger partial charge in [0.25, 0.3) is 0 Å². The van der Waals surface area contributed by atoms with Crippen LogP contribution in [0.5, 0.6) is 0 Å². The van der Waals surface area contributed by atoms with Crippen molar-refractivity contribution >= 4 is 9.84 Å². The number of hydrogen-bond acceptors (Lipinski definition) is 5. The van der Waals surface area contributed by atoms with Crippen LogP contribution in [0.1, 0.15) is 17.0 Å². The predicted octanol–water partition coefficient (Wildman–Crippen LogP) is 3.10. The zero-order valence-corrected chi connectivity index (χ0v) is 14.9. The van der Waals surface area contributed by atoms with Gasteiger partial charge in [-0.1, -0.05) is 6.07 Å². The molecule has 5 nitrogen and oxygen atoms in total. The highest BCUT2D eigenvalue weighted by atomic mass is 32.2. The summed E-state index contributed by atoms with van der Waals surface area (Å²) in [6.45, 7) is 2.04. The molecule has 4 heterocycles. The van der Waals surface area contributed by atoms with Crippen LogP contribution in [0.4, 0.5) is 0 Å². The Morgan fingerprint density at radius 1 is 1.08 bits per heavy atom. The molecule has 0 aliphatic carbocycles. The monoisotopic (exact) mass is 366 g/mol. The Morgan fingerprint density at radius 2 is 1.92 bits per heavy atom. The molecule has 2 aliphatic rings. The van der Waals surface area contributed by atoms with E-state index in [0.29, 0.717) is 11.4 Å². The Bertz CT molecular complexity index is 1050. The van der Waals surface area contributed by atoms with Crippen molar-refractivity contribution in [3.63, 3.8) is 0 Å². The standard InChI is InChI=1S/C20H18N2O3S/c23-26(24)19-2-1-16(15-3-6-21-7-4-15)9-17(19)18-11-22(12-20(18)26)10-14-5-8-25-13-14/h1-9,13,18,20H,10-12H2/t18-,20-/m0/s1. The first-order valence-corrected chi connectivity index (χ1v) is 10.2. The van der Waals surface area contributed by atoms with Crippen molar-refractivity contribution in [1.29, 1.82) is 0 Å². The number of aromatic nitrogens is 1. The zero-order valence-electron chi connectivity index (χ0n) is 14.1. The fourth-order valence-electron chi connectivity index (χ4n) is 4.22. The van der Waals surface area contributed by atoms with Gasteiger partial charge in [0.05, 0.1) is 22.7 Å². The van der Waals surface area contributed by atoms with Crippen LogP contribution in [0.3, 0.4) is 0 Å². The van der Waals surface area contributed by atoms with E-state index in [2.05, 4.69) is 9.88 Å². The van der Waals surface area contributed by atoms with E-state index in [9.17, 15) is 8.42 Å². The van der Waals surface area contributed by atoms with Crippen molar-refractivity contribution in [3.05, 3.63) is 72.4 Å². The van der Waals surface area contributed by atoms with E-state index in [-0.39, 0.29) is 11.2 Å². The molecule has 2 aromatic heterocycles. The molecule has 0 N–H and O–H groups in total. The van der Waals surface area contributed by atoms with E-state index in [1.54, 1.807) is 31.0 Å². The lowest BCUT2D eigenvalue weighted by Crippen LogP contribution is -2.25. The molecule has 2 aliphatic heterocycles. The van der Waals surface area contributed by atoms with Crippen molar-refractivity contribution < 1.29 is 12.8 Å². The molecule has 132 valence electrons. The van der Waals surface area contributed by atoms with Crippen LogP contribution in [0.25, 0.3) is 11.1 Å². The molecular formula is C20H18N2O3S. The van der Waals surface area contributed by atoms with Gasteiger partial charge in [0.15, 0.2) is 9.84 Å². The molecule has 5 rings (SSSR count). The summed E-state index contributed by atoms with van der Waals surface area (Å²) in [7, 11) is -3.27. The first-order valence-electron chi connectivity index (χ1n) is 8.64. The van der Waals surface area contributed by atoms with Gasteiger partial charge >= 0.3 is 0 Å². The SMILES string of the molecule is O=S1(=O)c2ccc(-c3ccncc3)cc2[C@@H]2CN(Cc3ccoc3)C[C@@H]21. The van der Waals surface area contributed by atoms with Crippen LogP contribution in [-0.2, 0) is 16.4 Å². The third kappa shape index (κ3) is 2.40. The molecule has 0 unspecified atom stereocenters. The van der Waals surface area contributed by atoms with Crippen LogP contribution >= 0.6 is 0 Å². The molecule has 0 radical (unpaired) electrons. The van der Waals surface area contributed by atoms with Gasteiger partial charge in [-0.3, -0.25) is 9.88 Å². The zero-order chi connectivity index (χ0) is 17.7. The van der Waals surface area contributed by atoms with Crippen molar-refractivity contribution in [1.82, 2.24) is 9.88 Å². The number of likely N-dealkylation sites (tertiary alicyclic amines) is 1. The second kappa shape index (κ2) is 5.79. The molecule has 6 heteroatoms. The van der Waals surface area contributed by atoms with E-state index < -0.39 is 9.84 Å². The van der Waals surface area contributed by atoms with Crippen LogP contribution in [-0.4, -0.2) is 36.6 Å². The number of pyridine rings is 1. The Hall–Kier alpha value is -2.44. The maximum Gasteiger partial charge on any atom is 0.183 e. The minimum atomic E-state index is -3.27.